The summed E-state index contributed by atoms with van der Waals surface area (Å²) in [6.45, 7) is 3.30. The number of hydrogen-bond acceptors (Lipinski definition) is 7. The SMILES string of the molecule is NCCCCCCCN.NCCCCCCCNc1nc(C=Cc2cccc(Oc3ccccc3)c2)nc2cc(Cl)ccc12. The quantitative estimate of drug-likeness (QED) is 0.0827. The zero-order valence-corrected chi connectivity index (χ0v) is 26.7. The van der Waals surface area contributed by atoms with Gasteiger partial charge in [0.25, 0.3) is 0 Å². The Labute approximate surface area is 268 Å². The van der Waals surface area contributed by atoms with E-state index in [0.29, 0.717) is 10.8 Å². The molecule has 0 unspecified atom stereocenters. The lowest BCUT2D eigenvalue weighted by atomic mass is 10.1. The summed E-state index contributed by atoms with van der Waals surface area (Å²) in [7, 11) is 0. The van der Waals surface area contributed by atoms with Gasteiger partial charge in [-0.05, 0) is 99.4 Å². The van der Waals surface area contributed by atoms with E-state index in [1.807, 2.05) is 84.9 Å². The number of ether oxygens (including phenoxy) is 1. The number of rotatable bonds is 18. The Morgan fingerprint density at radius 3 is 1.95 bits per heavy atom. The highest BCUT2D eigenvalue weighted by Gasteiger charge is 2.07. The molecule has 44 heavy (non-hydrogen) atoms. The molecule has 0 amide bonds. The molecule has 1 heterocycles. The first kappa shape index (κ1) is 35.0. The highest BCUT2D eigenvalue weighted by atomic mass is 35.5. The number of nitrogens with zero attached hydrogens (tertiary/aromatic N) is 2. The molecule has 0 fully saturated rings. The molecule has 7 nitrogen and oxygen atoms in total. The average molecular weight is 617 g/mol. The third-order valence-corrected chi connectivity index (χ3v) is 7.25. The van der Waals surface area contributed by atoms with Crippen molar-refractivity contribution in [1.82, 2.24) is 9.97 Å². The van der Waals surface area contributed by atoms with Crippen LogP contribution in [0.25, 0.3) is 23.1 Å². The molecule has 0 aliphatic carbocycles. The van der Waals surface area contributed by atoms with Gasteiger partial charge in [-0.1, -0.05) is 86.5 Å². The maximum atomic E-state index is 6.25. The van der Waals surface area contributed by atoms with E-state index in [9.17, 15) is 0 Å². The number of anilines is 1. The van der Waals surface area contributed by atoms with Gasteiger partial charge in [-0.25, -0.2) is 9.97 Å². The first-order valence-electron chi connectivity index (χ1n) is 16.0. The second-order valence-electron chi connectivity index (χ2n) is 10.7. The van der Waals surface area contributed by atoms with E-state index in [0.717, 1.165) is 72.8 Å². The minimum absolute atomic E-state index is 0.625. The fraction of sp³-hybridized carbons (Fsp3) is 0.389. The summed E-state index contributed by atoms with van der Waals surface area (Å²) in [4.78, 5) is 9.50. The van der Waals surface area contributed by atoms with Crippen molar-refractivity contribution in [3.63, 3.8) is 0 Å². The monoisotopic (exact) mass is 616 g/mol. The van der Waals surface area contributed by atoms with E-state index < -0.39 is 0 Å². The van der Waals surface area contributed by atoms with Crippen LogP contribution in [0.5, 0.6) is 11.5 Å². The highest BCUT2D eigenvalue weighted by molar-refractivity contribution is 6.31. The Morgan fingerprint density at radius 2 is 1.27 bits per heavy atom. The van der Waals surface area contributed by atoms with Gasteiger partial charge in [0.2, 0.25) is 0 Å². The summed E-state index contributed by atoms with van der Waals surface area (Å²) in [5, 5.41) is 5.12. The van der Waals surface area contributed by atoms with Crippen molar-refractivity contribution < 1.29 is 4.74 Å². The molecule has 4 aromatic rings. The summed E-state index contributed by atoms with van der Waals surface area (Å²) in [6, 6.07) is 23.4. The van der Waals surface area contributed by atoms with Crippen molar-refractivity contribution in [3.8, 4) is 11.5 Å². The second kappa shape index (κ2) is 21.3. The minimum Gasteiger partial charge on any atom is -0.457 e. The topological polar surface area (TPSA) is 125 Å². The van der Waals surface area contributed by atoms with Crippen LogP contribution in [0.2, 0.25) is 5.02 Å². The van der Waals surface area contributed by atoms with E-state index >= 15 is 0 Å². The lowest BCUT2D eigenvalue weighted by Crippen LogP contribution is -2.06. The lowest BCUT2D eigenvalue weighted by Gasteiger charge is -2.10. The summed E-state index contributed by atoms with van der Waals surface area (Å²) in [5.74, 6) is 3.03. The van der Waals surface area contributed by atoms with E-state index in [1.165, 1.54) is 51.4 Å². The van der Waals surface area contributed by atoms with Crippen LogP contribution in [0, 0.1) is 0 Å². The molecule has 0 radical (unpaired) electrons. The van der Waals surface area contributed by atoms with Gasteiger partial charge in [-0.15, -0.1) is 0 Å². The zero-order chi connectivity index (χ0) is 31.2. The van der Waals surface area contributed by atoms with E-state index in [4.69, 9.17) is 43.5 Å². The first-order valence-corrected chi connectivity index (χ1v) is 16.3. The highest BCUT2D eigenvalue weighted by Crippen LogP contribution is 2.26. The number of nitrogens with one attached hydrogen (secondary N) is 1. The lowest BCUT2D eigenvalue weighted by molar-refractivity contribution is 0.482. The van der Waals surface area contributed by atoms with Crippen LogP contribution in [0.4, 0.5) is 5.82 Å². The predicted molar refractivity (Wildman–Crippen MR) is 188 cm³/mol. The molecule has 0 aliphatic heterocycles. The number of benzene rings is 3. The van der Waals surface area contributed by atoms with Gasteiger partial charge >= 0.3 is 0 Å². The summed E-state index contributed by atoms with van der Waals surface area (Å²) in [6.07, 6.45) is 15.9. The fourth-order valence-corrected chi connectivity index (χ4v) is 4.80. The molecule has 4 rings (SSSR count). The molecule has 236 valence electrons. The van der Waals surface area contributed by atoms with Crippen molar-refractivity contribution in [2.24, 2.45) is 17.2 Å². The Morgan fingerprint density at radius 1 is 0.636 bits per heavy atom. The molecule has 1 aromatic heterocycles. The number of nitrogens with two attached hydrogens (primary N) is 3. The van der Waals surface area contributed by atoms with Gasteiger partial charge in [0.1, 0.15) is 17.3 Å². The van der Waals surface area contributed by atoms with Crippen LogP contribution >= 0.6 is 11.6 Å². The summed E-state index contributed by atoms with van der Waals surface area (Å²) >= 11 is 6.25. The van der Waals surface area contributed by atoms with Gasteiger partial charge in [-0.3, -0.25) is 0 Å². The van der Waals surface area contributed by atoms with E-state index in [2.05, 4.69) is 5.32 Å². The van der Waals surface area contributed by atoms with E-state index in [1.54, 1.807) is 0 Å². The molecule has 0 atom stereocenters. The van der Waals surface area contributed by atoms with Gasteiger partial charge in [0.05, 0.1) is 5.52 Å². The minimum atomic E-state index is 0.625. The smallest absolute Gasteiger partial charge is 0.154 e. The van der Waals surface area contributed by atoms with Crippen LogP contribution in [0.3, 0.4) is 0 Å². The van der Waals surface area contributed by atoms with Crippen molar-refractivity contribution in [3.05, 3.63) is 89.2 Å². The molecule has 0 bridgehead atoms. The Balaban J connectivity index is 0.000000512. The predicted octanol–water partition coefficient (Wildman–Crippen LogP) is 8.42. The maximum absolute atomic E-state index is 6.25. The van der Waals surface area contributed by atoms with Crippen molar-refractivity contribution in [2.75, 3.05) is 31.5 Å². The third-order valence-electron chi connectivity index (χ3n) is 7.02. The largest absolute Gasteiger partial charge is 0.457 e. The molecule has 7 N–H and O–H groups in total. The molecule has 8 heteroatoms. The Hall–Kier alpha value is -3.49. The fourth-order valence-electron chi connectivity index (χ4n) is 4.63. The average Bonchev–Trinajstić information content (AvgIpc) is 3.04. The van der Waals surface area contributed by atoms with Crippen LogP contribution in [0.1, 0.15) is 75.6 Å². The van der Waals surface area contributed by atoms with Crippen molar-refractivity contribution >= 4 is 40.5 Å². The van der Waals surface area contributed by atoms with Crippen LogP contribution in [-0.2, 0) is 0 Å². The summed E-state index contributed by atoms with van der Waals surface area (Å²) in [5.41, 5.74) is 18.0. The standard InChI is InChI=1S/C29H31ClN4O.C7H18N2/c30-23-15-16-26-27(21-23)33-28(34-29(26)32-19-8-3-1-2-7-18-31)17-14-22-10-9-13-25(20-22)35-24-11-5-4-6-12-24;8-6-4-2-1-3-5-7-9/h4-6,9-17,20-21H,1-3,7-8,18-19,31H2,(H,32,33,34);1-9H2. The number of hydrogen-bond donors (Lipinski definition) is 4. The van der Waals surface area contributed by atoms with Crippen LogP contribution < -0.4 is 27.3 Å². The van der Waals surface area contributed by atoms with Crippen LogP contribution in [-0.4, -0.2) is 36.1 Å². The number of aromatic nitrogens is 2. The van der Waals surface area contributed by atoms with Gasteiger partial charge in [0.15, 0.2) is 5.82 Å². The summed E-state index contributed by atoms with van der Waals surface area (Å²) < 4.78 is 5.95. The molecule has 0 spiro atoms. The Bertz CT molecular complexity index is 1380. The van der Waals surface area contributed by atoms with E-state index in [-0.39, 0.29) is 0 Å². The van der Waals surface area contributed by atoms with Gasteiger partial charge in [0, 0.05) is 17.0 Å². The zero-order valence-electron chi connectivity index (χ0n) is 25.9. The molecular formula is C36H49ClN6O. The van der Waals surface area contributed by atoms with Gasteiger partial charge < -0.3 is 27.3 Å². The number of halogens is 1. The molecule has 3 aromatic carbocycles. The Kier molecular flexibility index (Phi) is 16.9. The molecule has 0 aliphatic rings. The third kappa shape index (κ3) is 13.4. The molecule has 0 saturated heterocycles. The first-order chi connectivity index (χ1) is 21.6. The normalized spacial score (nSPS) is 11.0. The molecule has 0 saturated carbocycles. The maximum Gasteiger partial charge on any atom is 0.154 e. The van der Waals surface area contributed by atoms with Crippen LogP contribution in [0.15, 0.2) is 72.8 Å². The number of fused-ring (bicyclic) bond motifs is 1. The van der Waals surface area contributed by atoms with Crippen molar-refractivity contribution in [1.29, 1.82) is 0 Å². The number of para-hydroxylation sites is 1. The molecular weight excluding hydrogens is 568 g/mol. The second-order valence-corrected chi connectivity index (χ2v) is 11.2. The van der Waals surface area contributed by atoms with Crippen molar-refractivity contribution in [2.45, 2.75) is 64.2 Å². The van der Waals surface area contributed by atoms with Gasteiger partial charge in [-0.2, -0.15) is 0 Å². The number of unbranched alkanes of at least 4 members (excludes halogenated alkanes) is 8.